The second kappa shape index (κ2) is 4.53. The molecule has 0 bridgehead atoms. The normalized spacial score (nSPS) is 24.4. The highest BCUT2D eigenvalue weighted by atomic mass is 16.5. The van der Waals surface area contributed by atoms with E-state index in [1.807, 2.05) is 18.2 Å². The third-order valence-electron chi connectivity index (χ3n) is 3.40. The van der Waals surface area contributed by atoms with Gasteiger partial charge in [-0.05, 0) is 26.0 Å². The van der Waals surface area contributed by atoms with Crippen LogP contribution >= 0.6 is 0 Å². The van der Waals surface area contributed by atoms with Crippen LogP contribution in [0, 0.1) is 0 Å². The molecule has 0 radical (unpaired) electrons. The van der Waals surface area contributed by atoms with Gasteiger partial charge in [0.15, 0.2) is 0 Å². The van der Waals surface area contributed by atoms with Gasteiger partial charge >= 0.3 is 0 Å². The molecular weight excluding hydrogens is 226 g/mol. The average Bonchev–Trinajstić information content (AvgIpc) is 2.41. The topological polar surface area (TPSA) is 38.2 Å². The Morgan fingerprint density at radius 1 is 1.22 bits per heavy atom. The number of benzene rings is 1. The van der Waals surface area contributed by atoms with Gasteiger partial charge in [-0.2, -0.15) is 0 Å². The minimum Gasteiger partial charge on any atom is -0.375 e. The molecule has 0 unspecified atom stereocenters. The number of aromatic nitrogens is 2. The zero-order valence-electron chi connectivity index (χ0n) is 10.7. The Hall–Kier alpha value is -1.68. The summed E-state index contributed by atoms with van der Waals surface area (Å²) in [5, 5.41) is 1.11. The van der Waals surface area contributed by atoms with Crippen molar-refractivity contribution in [1.82, 2.24) is 9.97 Å². The first-order valence-corrected chi connectivity index (χ1v) is 6.33. The van der Waals surface area contributed by atoms with Crippen LogP contribution in [0.3, 0.4) is 0 Å². The van der Waals surface area contributed by atoms with E-state index in [1.165, 1.54) is 0 Å². The van der Waals surface area contributed by atoms with Gasteiger partial charge in [-0.25, -0.2) is 9.97 Å². The van der Waals surface area contributed by atoms with E-state index in [9.17, 15) is 0 Å². The number of para-hydroxylation sites is 1. The van der Waals surface area contributed by atoms with Crippen LogP contribution in [0.4, 0.5) is 5.82 Å². The van der Waals surface area contributed by atoms with Gasteiger partial charge in [-0.15, -0.1) is 0 Å². The highest BCUT2D eigenvalue weighted by Crippen LogP contribution is 2.26. The molecule has 0 amide bonds. The summed E-state index contributed by atoms with van der Waals surface area (Å²) in [6.07, 6.45) is 1.89. The Morgan fingerprint density at radius 2 is 2.06 bits per heavy atom. The van der Waals surface area contributed by atoms with Gasteiger partial charge in [0, 0.05) is 11.9 Å². The molecule has 1 aromatic carbocycles. The number of hydrogen-bond acceptors (Lipinski definition) is 4. The van der Waals surface area contributed by atoms with E-state index in [4.69, 9.17) is 4.74 Å². The highest BCUT2D eigenvalue weighted by Gasteiger charge is 2.25. The Bertz CT molecular complexity index is 552. The van der Waals surface area contributed by atoms with Crippen LogP contribution in [0.15, 0.2) is 30.6 Å². The first-order valence-electron chi connectivity index (χ1n) is 6.33. The van der Waals surface area contributed by atoms with E-state index in [0.717, 1.165) is 29.9 Å². The van der Waals surface area contributed by atoms with Crippen LogP contribution in [0.1, 0.15) is 13.8 Å². The Morgan fingerprint density at radius 3 is 2.94 bits per heavy atom. The molecule has 94 valence electrons. The van der Waals surface area contributed by atoms with Gasteiger partial charge in [-0.3, -0.25) is 0 Å². The summed E-state index contributed by atoms with van der Waals surface area (Å²) in [6, 6.07) is 8.49. The van der Waals surface area contributed by atoms with E-state index in [-0.39, 0.29) is 6.10 Å². The molecule has 2 aromatic rings. The zero-order chi connectivity index (χ0) is 12.5. The van der Waals surface area contributed by atoms with E-state index in [0.29, 0.717) is 6.04 Å². The zero-order valence-corrected chi connectivity index (χ0v) is 10.7. The summed E-state index contributed by atoms with van der Waals surface area (Å²) < 4.78 is 5.67. The fourth-order valence-electron chi connectivity index (χ4n) is 2.42. The lowest BCUT2D eigenvalue weighted by Gasteiger charge is -2.38. The molecule has 1 saturated heterocycles. The predicted octanol–water partition coefficient (Wildman–Crippen LogP) is 2.24. The summed E-state index contributed by atoms with van der Waals surface area (Å²) >= 11 is 0. The van der Waals surface area contributed by atoms with Crippen molar-refractivity contribution < 1.29 is 4.74 Å². The number of fused-ring (bicyclic) bond motifs is 1. The van der Waals surface area contributed by atoms with Crippen molar-refractivity contribution in [2.24, 2.45) is 0 Å². The van der Waals surface area contributed by atoms with Crippen molar-refractivity contribution in [3.05, 3.63) is 30.6 Å². The summed E-state index contributed by atoms with van der Waals surface area (Å²) in [4.78, 5) is 11.1. The lowest BCUT2D eigenvalue weighted by molar-refractivity contribution is 0.0341. The van der Waals surface area contributed by atoms with E-state index < -0.39 is 0 Å². The molecule has 0 N–H and O–H groups in total. The largest absolute Gasteiger partial charge is 0.375 e. The molecule has 0 saturated carbocycles. The molecule has 2 atom stereocenters. The maximum atomic E-state index is 5.67. The fourth-order valence-corrected chi connectivity index (χ4v) is 2.42. The van der Waals surface area contributed by atoms with Crippen molar-refractivity contribution in [1.29, 1.82) is 0 Å². The van der Waals surface area contributed by atoms with Gasteiger partial charge in [0.05, 0.1) is 24.3 Å². The van der Waals surface area contributed by atoms with Crippen LogP contribution in [0.2, 0.25) is 0 Å². The average molecular weight is 243 g/mol. The van der Waals surface area contributed by atoms with E-state index in [1.54, 1.807) is 6.33 Å². The van der Waals surface area contributed by atoms with Crippen LogP contribution < -0.4 is 4.90 Å². The number of anilines is 1. The molecule has 2 heterocycles. The molecule has 0 aliphatic carbocycles. The molecule has 4 nitrogen and oxygen atoms in total. The highest BCUT2D eigenvalue weighted by molar-refractivity contribution is 5.89. The van der Waals surface area contributed by atoms with Crippen LogP contribution in [0.25, 0.3) is 10.9 Å². The second-order valence-corrected chi connectivity index (χ2v) is 4.86. The van der Waals surface area contributed by atoms with Gasteiger partial charge in [0.2, 0.25) is 0 Å². The molecular formula is C14H17N3O. The van der Waals surface area contributed by atoms with Crippen LogP contribution in [-0.2, 0) is 4.74 Å². The number of ether oxygens (including phenoxy) is 1. The van der Waals surface area contributed by atoms with Gasteiger partial charge in [-0.1, -0.05) is 12.1 Å². The van der Waals surface area contributed by atoms with E-state index in [2.05, 4.69) is 34.8 Å². The number of nitrogens with zero attached hydrogens (tertiary/aromatic N) is 3. The summed E-state index contributed by atoms with van der Waals surface area (Å²) in [6.45, 7) is 5.90. The summed E-state index contributed by atoms with van der Waals surface area (Å²) in [5.41, 5.74) is 0.994. The number of hydrogen-bond donors (Lipinski definition) is 0. The molecule has 3 rings (SSSR count). The SMILES string of the molecule is C[C@H]1CN(c2ncnc3ccccc23)[C@@H](C)CO1. The number of morpholine rings is 1. The van der Waals surface area contributed by atoms with Crippen LogP contribution in [0.5, 0.6) is 0 Å². The lowest BCUT2D eigenvalue weighted by atomic mass is 10.1. The smallest absolute Gasteiger partial charge is 0.140 e. The quantitative estimate of drug-likeness (QED) is 0.770. The van der Waals surface area contributed by atoms with Crippen LogP contribution in [-0.4, -0.2) is 35.3 Å². The minimum atomic E-state index is 0.245. The summed E-state index contributed by atoms with van der Waals surface area (Å²) in [5.74, 6) is 1.02. The van der Waals surface area contributed by atoms with Crippen molar-refractivity contribution >= 4 is 16.7 Å². The van der Waals surface area contributed by atoms with E-state index >= 15 is 0 Å². The molecule has 4 heteroatoms. The monoisotopic (exact) mass is 243 g/mol. The fraction of sp³-hybridized carbons (Fsp3) is 0.429. The lowest BCUT2D eigenvalue weighted by Crippen LogP contribution is -2.47. The van der Waals surface area contributed by atoms with Crippen molar-refractivity contribution in [2.45, 2.75) is 26.0 Å². The van der Waals surface area contributed by atoms with Gasteiger partial charge in [0.1, 0.15) is 12.1 Å². The Balaban J connectivity index is 2.07. The molecule has 1 aromatic heterocycles. The standard InChI is InChI=1S/C14H17N3O/c1-10-8-18-11(2)7-17(10)14-12-5-3-4-6-13(12)15-9-16-14/h3-6,9-11H,7-8H2,1-2H3/t10-,11-/m0/s1. The maximum Gasteiger partial charge on any atom is 0.140 e. The first kappa shape index (κ1) is 11.4. The van der Waals surface area contributed by atoms with Gasteiger partial charge < -0.3 is 9.64 Å². The first-order chi connectivity index (χ1) is 8.75. The number of rotatable bonds is 1. The minimum absolute atomic E-state index is 0.245. The molecule has 1 fully saturated rings. The summed E-state index contributed by atoms with van der Waals surface area (Å²) in [7, 11) is 0. The third kappa shape index (κ3) is 1.93. The predicted molar refractivity (Wildman–Crippen MR) is 71.8 cm³/mol. The van der Waals surface area contributed by atoms with Crippen molar-refractivity contribution in [3.8, 4) is 0 Å². The third-order valence-corrected chi connectivity index (χ3v) is 3.40. The maximum absolute atomic E-state index is 5.67. The molecule has 0 spiro atoms. The Labute approximate surface area is 107 Å². The molecule has 18 heavy (non-hydrogen) atoms. The van der Waals surface area contributed by atoms with Crippen molar-refractivity contribution in [2.75, 3.05) is 18.1 Å². The molecule has 1 aliphatic rings. The van der Waals surface area contributed by atoms with Crippen molar-refractivity contribution in [3.63, 3.8) is 0 Å². The Kier molecular flexibility index (Phi) is 2.88. The van der Waals surface area contributed by atoms with Gasteiger partial charge in [0.25, 0.3) is 0 Å². The molecule has 1 aliphatic heterocycles. The second-order valence-electron chi connectivity index (χ2n) is 4.86.